The predicted molar refractivity (Wildman–Crippen MR) is 86.0 cm³/mol. The maximum atomic E-state index is 9.44. The minimum absolute atomic E-state index is 0.536. The highest BCUT2D eigenvalue weighted by molar-refractivity contribution is 5.90. The minimum Gasteiger partial charge on any atom is -0.497 e. The molecule has 0 fully saturated rings. The number of nitriles is 1. The second kappa shape index (κ2) is 7.19. The molecule has 0 saturated carbocycles. The van der Waals surface area contributed by atoms with Gasteiger partial charge in [0, 0.05) is 0 Å². The summed E-state index contributed by atoms with van der Waals surface area (Å²) in [5.41, 5.74) is 2.20. The van der Waals surface area contributed by atoms with E-state index in [9.17, 15) is 5.26 Å². The van der Waals surface area contributed by atoms with E-state index in [1.165, 1.54) is 0 Å². The molecule has 0 saturated heterocycles. The van der Waals surface area contributed by atoms with Crippen LogP contribution in [0.1, 0.15) is 11.1 Å². The molecule has 0 N–H and O–H groups in total. The fourth-order valence-corrected chi connectivity index (χ4v) is 2.08. The van der Waals surface area contributed by atoms with Crippen LogP contribution in [0.5, 0.6) is 17.2 Å². The van der Waals surface area contributed by atoms with Crippen molar-refractivity contribution in [3.05, 3.63) is 53.6 Å². The average Bonchev–Trinajstić information content (AvgIpc) is 2.59. The van der Waals surface area contributed by atoms with Gasteiger partial charge in [0.25, 0.3) is 0 Å². The van der Waals surface area contributed by atoms with Gasteiger partial charge in [-0.2, -0.15) is 5.26 Å². The van der Waals surface area contributed by atoms with Crippen molar-refractivity contribution in [2.45, 2.75) is 0 Å². The molecule has 0 radical (unpaired) electrons. The van der Waals surface area contributed by atoms with E-state index in [-0.39, 0.29) is 0 Å². The lowest BCUT2D eigenvalue weighted by molar-refractivity contribution is 0.355. The van der Waals surface area contributed by atoms with E-state index < -0.39 is 0 Å². The fourth-order valence-electron chi connectivity index (χ4n) is 2.08. The molecule has 22 heavy (non-hydrogen) atoms. The molecule has 4 heteroatoms. The summed E-state index contributed by atoms with van der Waals surface area (Å²) >= 11 is 0. The van der Waals surface area contributed by atoms with Gasteiger partial charge in [0.15, 0.2) is 11.5 Å². The van der Waals surface area contributed by atoms with E-state index in [0.717, 1.165) is 16.9 Å². The van der Waals surface area contributed by atoms with Crippen molar-refractivity contribution >= 4 is 11.6 Å². The number of nitrogens with zero attached hydrogens (tertiary/aromatic N) is 1. The molecule has 112 valence electrons. The fraction of sp³-hybridized carbons (Fsp3) is 0.167. The van der Waals surface area contributed by atoms with Crippen molar-refractivity contribution < 1.29 is 14.2 Å². The van der Waals surface area contributed by atoms with Crippen LogP contribution in [0.25, 0.3) is 11.6 Å². The Hall–Kier alpha value is -2.93. The van der Waals surface area contributed by atoms with E-state index in [4.69, 9.17) is 14.2 Å². The van der Waals surface area contributed by atoms with E-state index >= 15 is 0 Å². The summed E-state index contributed by atoms with van der Waals surface area (Å²) in [7, 11) is 4.76. The third-order valence-corrected chi connectivity index (χ3v) is 3.22. The van der Waals surface area contributed by atoms with Crippen molar-refractivity contribution in [1.29, 1.82) is 5.26 Å². The monoisotopic (exact) mass is 295 g/mol. The Balaban J connectivity index is 2.43. The summed E-state index contributed by atoms with van der Waals surface area (Å²) in [5.74, 6) is 1.97. The molecule has 0 bridgehead atoms. The summed E-state index contributed by atoms with van der Waals surface area (Å²) in [6.07, 6.45) is 1.81. The van der Waals surface area contributed by atoms with Gasteiger partial charge in [0.2, 0.25) is 0 Å². The number of allylic oxidation sites excluding steroid dienone is 1. The zero-order valence-corrected chi connectivity index (χ0v) is 12.8. The van der Waals surface area contributed by atoms with Crippen LogP contribution in [0.3, 0.4) is 0 Å². The lowest BCUT2D eigenvalue weighted by Crippen LogP contribution is -1.92. The first-order chi connectivity index (χ1) is 10.7. The standard InChI is InChI=1S/C18H17NO3/c1-20-16-6-4-5-13(10-16)9-15(12-19)14-7-8-17(21-2)18(11-14)22-3/h4-11H,1-3H3/b15-9+. The normalized spacial score (nSPS) is 10.7. The lowest BCUT2D eigenvalue weighted by Gasteiger charge is -2.09. The van der Waals surface area contributed by atoms with Gasteiger partial charge in [0.05, 0.1) is 33.0 Å². The SMILES string of the molecule is COc1cccc(/C=C(\C#N)c2ccc(OC)c(OC)c2)c1. The van der Waals surface area contributed by atoms with Crippen LogP contribution in [0.15, 0.2) is 42.5 Å². The molecule has 0 aliphatic rings. The first-order valence-electron chi connectivity index (χ1n) is 6.70. The van der Waals surface area contributed by atoms with Gasteiger partial charge in [-0.25, -0.2) is 0 Å². The molecular weight excluding hydrogens is 278 g/mol. The van der Waals surface area contributed by atoms with Crippen molar-refractivity contribution in [2.24, 2.45) is 0 Å². The zero-order chi connectivity index (χ0) is 15.9. The maximum Gasteiger partial charge on any atom is 0.161 e. The molecule has 0 heterocycles. The third-order valence-electron chi connectivity index (χ3n) is 3.22. The van der Waals surface area contributed by atoms with Crippen LogP contribution in [-0.2, 0) is 0 Å². The van der Waals surface area contributed by atoms with Gasteiger partial charge >= 0.3 is 0 Å². The summed E-state index contributed by atoms with van der Waals surface area (Å²) in [4.78, 5) is 0. The molecular formula is C18H17NO3. The number of methoxy groups -OCH3 is 3. The smallest absolute Gasteiger partial charge is 0.161 e. The summed E-state index contributed by atoms with van der Waals surface area (Å²) in [5, 5.41) is 9.44. The largest absolute Gasteiger partial charge is 0.497 e. The molecule has 2 aromatic rings. The average molecular weight is 295 g/mol. The Labute approximate surface area is 130 Å². The van der Waals surface area contributed by atoms with E-state index in [2.05, 4.69) is 6.07 Å². The number of rotatable bonds is 5. The molecule has 0 spiro atoms. The predicted octanol–water partition coefficient (Wildman–Crippen LogP) is 3.78. The molecule has 4 nitrogen and oxygen atoms in total. The van der Waals surface area contributed by atoms with Gasteiger partial charge in [-0.15, -0.1) is 0 Å². The van der Waals surface area contributed by atoms with Crippen LogP contribution < -0.4 is 14.2 Å². The number of ether oxygens (including phenoxy) is 3. The van der Waals surface area contributed by atoms with Crippen LogP contribution >= 0.6 is 0 Å². The van der Waals surface area contributed by atoms with Crippen LogP contribution in [-0.4, -0.2) is 21.3 Å². The van der Waals surface area contributed by atoms with Gasteiger partial charge in [-0.05, 0) is 47.5 Å². The molecule has 2 aromatic carbocycles. The van der Waals surface area contributed by atoms with Crippen molar-refractivity contribution in [3.63, 3.8) is 0 Å². The summed E-state index contributed by atoms with van der Waals surface area (Å²) in [6.45, 7) is 0. The molecule has 0 aliphatic heterocycles. The highest BCUT2D eigenvalue weighted by Gasteiger charge is 2.08. The maximum absolute atomic E-state index is 9.44. The molecule has 0 aromatic heterocycles. The summed E-state index contributed by atoms with van der Waals surface area (Å²) in [6, 6.07) is 15.1. The van der Waals surface area contributed by atoms with Crippen molar-refractivity contribution in [1.82, 2.24) is 0 Å². The van der Waals surface area contributed by atoms with Crippen molar-refractivity contribution in [3.8, 4) is 23.3 Å². The molecule has 0 unspecified atom stereocenters. The first-order valence-corrected chi connectivity index (χ1v) is 6.70. The molecule has 0 aliphatic carbocycles. The minimum atomic E-state index is 0.536. The second-order valence-corrected chi connectivity index (χ2v) is 4.52. The van der Waals surface area contributed by atoms with E-state index in [0.29, 0.717) is 17.1 Å². The topological polar surface area (TPSA) is 51.5 Å². The zero-order valence-electron chi connectivity index (χ0n) is 12.8. The Morgan fingerprint density at radius 3 is 2.36 bits per heavy atom. The summed E-state index contributed by atoms with van der Waals surface area (Å²) < 4.78 is 15.7. The number of hydrogen-bond donors (Lipinski definition) is 0. The molecule has 0 atom stereocenters. The van der Waals surface area contributed by atoms with Gasteiger partial charge in [-0.1, -0.05) is 12.1 Å². The lowest BCUT2D eigenvalue weighted by atomic mass is 10.0. The van der Waals surface area contributed by atoms with Gasteiger partial charge in [-0.3, -0.25) is 0 Å². The highest BCUT2D eigenvalue weighted by atomic mass is 16.5. The van der Waals surface area contributed by atoms with Crippen LogP contribution in [0.2, 0.25) is 0 Å². The Kier molecular flexibility index (Phi) is 5.05. The Morgan fingerprint density at radius 2 is 1.73 bits per heavy atom. The Bertz CT molecular complexity index is 729. The van der Waals surface area contributed by atoms with Crippen molar-refractivity contribution in [2.75, 3.05) is 21.3 Å². The quantitative estimate of drug-likeness (QED) is 0.622. The van der Waals surface area contributed by atoms with Crippen LogP contribution in [0, 0.1) is 11.3 Å². The molecule has 2 rings (SSSR count). The van der Waals surface area contributed by atoms with E-state index in [1.54, 1.807) is 33.5 Å². The third kappa shape index (κ3) is 3.39. The Morgan fingerprint density at radius 1 is 0.955 bits per heavy atom. The molecule has 0 amide bonds. The van der Waals surface area contributed by atoms with Gasteiger partial charge < -0.3 is 14.2 Å². The van der Waals surface area contributed by atoms with E-state index in [1.807, 2.05) is 36.4 Å². The second-order valence-electron chi connectivity index (χ2n) is 4.52. The first kappa shape index (κ1) is 15.5. The number of benzene rings is 2. The van der Waals surface area contributed by atoms with Crippen LogP contribution in [0.4, 0.5) is 0 Å². The van der Waals surface area contributed by atoms with Gasteiger partial charge in [0.1, 0.15) is 5.75 Å². The highest BCUT2D eigenvalue weighted by Crippen LogP contribution is 2.31. The number of hydrogen-bond acceptors (Lipinski definition) is 4.